The standard InChI is InChI=1S/C10H13NO4/c1-14-10-6-8(7-11-13)2-3-9(10)15-5-4-12/h2-3,6-7,12-13H,4-5H2,1H3/b11-7+. The van der Waals surface area contributed by atoms with Gasteiger partial charge in [0, 0.05) is 5.56 Å². The molecule has 1 aromatic carbocycles. The van der Waals surface area contributed by atoms with Gasteiger partial charge >= 0.3 is 0 Å². The van der Waals surface area contributed by atoms with E-state index >= 15 is 0 Å². The van der Waals surface area contributed by atoms with E-state index in [-0.39, 0.29) is 13.2 Å². The second kappa shape index (κ2) is 5.87. The molecular formula is C10H13NO4. The first-order chi connectivity index (χ1) is 7.31. The SMILES string of the molecule is COc1cc(/C=N/O)ccc1OCCO. The highest BCUT2D eigenvalue weighted by Crippen LogP contribution is 2.27. The molecule has 0 aliphatic rings. The van der Waals surface area contributed by atoms with E-state index in [1.54, 1.807) is 18.2 Å². The predicted octanol–water partition coefficient (Wildman–Crippen LogP) is 0.874. The second-order valence-electron chi connectivity index (χ2n) is 2.73. The third-order valence-electron chi connectivity index (χ3n) is 1.74. The van der Waals surface area contributed by atoms with E-state index < -0.39 is 0 Å². The molecule has 82 valence electrons. The van der Waals surface area contributed by atoms with Crippen molar-refractivity contribution in [1.82, 2.24) is 0 Å². The summed E-state index contributed by atoms with van der Waals surface area (Å²) in [5.74, 6) is 1.07. The molecule has 0 radical (unpaired) electrons. The maximum absolute atomic E-state index is 8.61. The molecule has 0 aliphatic carbocycles. The zero-order chi connectivity index (χ0) is 11.1. The Labute approximate surface area is 87.6 Å². The Morgan fingerprint density at radius 1 is 1.40 bits per heavy atom. The number of hydrogen-bond acceptors (Lipinski definition) is 5. The van der Waals surface area contributed by atoms with Crippen LogP contribution in [0.2, 0.25) is 0 Å². The normalized spacial score (nSPS) is 10.5. The number of methoxy groups -OCH3 is 1. The largest absolute Gasteiger partial charge is 0.493 e. The smallest absolute Gasteiger partial charge is 0.161 e. The van der Waals surface area contributed by atoms with Gasteiger partial charge in [-0.05, 0) is 18.2 Å². The summed E-state index contributed by atoms with van der Waals surface area (Å²) in [6, 6.07) is 5.08. The van der Waals surface area contributed by atoms with Crippen molar-refractivity contribution in [3.05, 3.63) is 23.8 Å². The van der Waals surface area contributed by atoms with Crippen molar-refractivity contribution in [2.24, 2.45) is 5.16 Å². The summed E-state index contributed by atoms with van der Waals surface area (Å²) < 4.78 is 10.3. The van der Waals surface area contributed by atoms with E-state index in [2.05, 4.69) is 5.16 Å². The molecule has 1 aromatic rings. The molecule has 0 heterocycles. The number of rotatable bonds is 5. The van der Waals surface area contributed by atoms with Crippen LogP contribution >= 0.6 is 0 Å². The summed E-state index contributed by atoms with van der Waals surface area (Å²) in [6.07, 6.45) is 1.29. The lowest BCUT2D eigenvalue weighted by Gasteiger charge is -2.09. The maximum atomic E-state index is 8.61. The quantitative estimate of drug-likeness (QED) is 0.430. The lowest BCUT2D eigenvalue weighted by atomic mass is 10.2. The van der Waals surface area contributed by atoms with Crippen LogP contribution in [0.25, 0.3) is 0 Å². The minimum absolute atomic E-state index is 0.0526. The highest BCUT2D eigenvalue weighted by atomic mass is 16.5. The Morgan fingerprint density at radius 2 is 2.20 bits per heavy atom. The molecule has 5 nitrogen and oxygen atoms in total. The van der Waals surface area contributed by atoms with E-state index in [0.29, 0.717) is 17.1 Å². The topological polar surface area (TPSA) is 71.3 Å². The van der Waals surface area contributed by atoms with Crippen LogP contribution in [0.1, 0.15) is 5.56 Å². The van der Waals surface area contributed by atoms with Crippen LogP contribution in [-0.4, -0.2) is 36.9 Å². The van der Waals surface area contributed by atoms with E-state index in [1.165, 1.54) is 13.3 Å². The monoisotopic (exact) mass is 211 g/mol. The number of aliphatic hydroxyl groups excluding tert-OH is 1. The molecule has 1 rings (SSSR count). The lowest BCUT2D eigenvalue weighted by Crippen LogP contribution is -2.03. The number of benzene rings is 1. The molecule has 15 heavy (non-hydrogen) atoms. The van der Waals surface area contributed by atoms with Crippen molar-refractivity contribution in [3.63, 3.8) is 0 Å². The first-order valence-corrected chi connectivity index (χ1v) is 4.41. The van der Waals surface area contributed by atoms with Crippen molar-refractivity contribution < 1.29 is 19.8 Å². The van der Waals surface area contributed by atoms with Gasteiger partial charge in [0.25, 0.3) is 0 Å². The van der Waals surface area contributed by atoms with E-state index in [1.807, 2.05) is 0 Å². The molecule has 0 aromatic heterocycles. The second-order valence-corrected chi connectivity index (χ2v) is 2.73. The van der Waals surface area contributed by atoms with Gasteiger partial charge in [-0.3, -0.25) is 0 Å². The molecule has 0 fully saturated rings. The Hall–Kier alpha value is -1.75. The molecule has 0 unspecified atom stereocenters. The fraction of sp³-hybridized carbons (Fsp3) is 0.300. The summed E-state index contributed by atoms with van der Waals surface area (Å²) in [7, 11) is 1.51. The molecule has 0 bridgehead atoms. The Balaban J connectivity index is 2.88. The van der Waals surface area contributed by atoms with E-state index in [4.69, 9.17) is 19.8 Å². The van der Waals surface area contributed by atoms with Gasteiger partial charge in [0.2, 0.25) is 0 Å². The fourth-order valence-electron chi connectivity index (χ4n) is 1.11. The summed E-state index contributed by atoms with van der Waals surface area (Å²) in [4.78, 5) is 0. The third kappa shape index (κ3) is 3.14. The minimum atomic E-state index is -0.0526. The highest BCUT2D eigenvalue weighted by Gasteiger charge is 2.04. The van der Waals surface area contributed by atoms with Crippen molar-refractivity contribution in [2.75, 3.05) is 20.3 Å². The molecule has 2 N–H and O–H groups in total. The van der Waals surface area contributed by atoms with Crippen LogP contribution in [0, 0.1) is 0 Å². The number of aliphatic hydroxyl groups is 1. The lowest BCUT2D eigenvalue weighted by molar-refractivity contribution is 0.196. The molecule has 0 amide bonds. The average Bonchev–Trinajstić information content (AvgIpc) is 2.27. The van der Waals surface area contributed by atoms with Gasteiger partial charge < -0.3 is 19.8 Å². The first kappa shape index (κ1) is 11.3. The van der Waals surface area contributed by atoms with Crippen LogP contribution in [0.3, 0.4) is 0 Å². The summed E-state index contributed by atoms with van der Waals surface area (Å²) >= 11 is 0. The molecule has 0 saturated heterocycles. The number of ether oxygens (including phenoxy) is 2. The fourth-order valence-corrected chi connectivity index (χ4v) is 1.11. The van der Waals surface area contributed by atoms with Gasteiger partial charge in [0.05, 0.1) is 19.9 Å². The van der Waals surface area contributed by atoms with Crippen LogP contribution in [-0.2, 0) is 0 Å². The number of nitrogens with zero attached hydrogens (tertiary/aromatic N) is 1. The first-order valence-electron chi connectivity index (χ1n) is 4.41. The van der Waals surface area contributed by atoms with E-state index in [0.717, 1.165) is 0 Å². The van der Waals surface area contributed by atoms with Crippen LogP contribution < -0.4 is 9.47 Å². The Morgan fingerprint density at radius 3 is 2.80 bits per heavy atom. The van der Waals surface area contributed by atoms with Crippen molar-refractivity contribution in [2.45, 2.75) is 0 Å². The number of hydrogen-bond donors (Lipinski definition) is 2. The van der Waals surface area contributed by atoms with Gasteiger partial charge in [-0.25, -0.2) is 0 Å². The van der Waals surface area contributed by atoms with Crippen molar-refractivity contribution in [1.29, 1.82) is 0 Å². The van der Waals surface area contributed by atoms with Crippen LogP contribution in [0.15, 0.2) is 23.4 Å². The third-order valence-corrected chi connectivity index (χ3v) is 1.74. The molecule has 0 saturated carbocycles. The molecule has 0 aliphatic heterocycles. The Bertz CT molecular complexity index is 338. The van der Waals surface area contributed by atoms with Gasteiger partial charge in [0.15, 0.2) is 11.5 Å². The van der Waals surface area contributed by atoms with Crippen LogP contribution in [0.5, 0.6) is 11.5 Å². The highest BCUT2D eigenvalue weighted by molar-refractivity contribution is 5.80. The van der Waals surface area contributed by atoms with Gasteiger partial charge in [-0.2, -0.15) is 0 Å². The zero-order valence-corrected chi connectivity index (χ0v) is 8.38. The molecule has 5 heteroatoms. The summed E-state index contributed by atoms with van der Waals surface area (Å²) in [5.41, 5.74) is 0.700. The average molecular weight is 211 g/mol. The molecule has 0 spiro atoms. The van der Waals surface area contributed by atoms with E-state index in [9.17, 15) is 0 Å². The number of oxime groups is 1. The predicted molar refractivity (Wildman–Crippen MR) is 55.0 cm³/mol. The van der Waals surface area contributed by atoms with Gasteiger partial charge in [-0.15, -0.1) is 0 Å². The van der Waals surface area contributed by atoms with Gasteiger partial charge in [0.1, 0.15) is 6.61 Å². The summed E-state index contributed by atoms with van der Waals surface area (Å²) in [5, 5.41) is 19.9. The molecule has 0 atom stereocenters. The Kier molecular flexibility index (Phi) is 4.43. The molecular weight excluding hydrogens is 198 g/mol. The minimum Gasteiger partial charge on any atom is -0.493 e. The zero-order valence-electron chi connectivity index (χ0n) is 8.38. The summed E-state index contributed by atoms with van der Waals surface area (Å²) in [6.45, 7) is 0.160. The van der Waals surface area contributed by atoms with Crippen molar-refractivity contribution in [3.8, 4) is 11.5 Å². The van der Waals surface area contributed by atoms with Gasteiger partial charge in [-0.1, -0.05) is 5.16 Å². The maximum Gasteiger partial charge on any atom is 0.161 e. The van der Waals surface area contributed by atoms with Crippen LogP contribution in [0.4, 0.5) is 0 Å². The van der Waals surface area contributed by atoms with Crippen molar-refractivity contribution >= 4 is 6.21 Å².